The van der Waals surface area contributed by atoms with Crippen LogP contribution in [0.25, 0.3) is 0 Å². The van der Waals surface area contributed by atoms with Crippen LogP contribution in [0.5, 0.6) is 0 Å². The van der Waals surface area contributed by atoms with Crippen molar-refractivity contribution in [1.82, 2.24) is 5.32 Å². The Morgan fingerprint density at radius 1 is 1.14 bits per heavy atom. The van der Waals surface area contributed by atoms with Crippen LogP contribution in [-0.4, -0.2) is 20.9 Å². The van der Waals surface area contributed by atoms with E-state index in [-0.39, 0.29) is 15.5 Å². The first kappa shape index (κ1) is 19.9. The number of sulfonamides is 1. The highest BCUT2D eigenvalue weighted by molar-refractivity contribution is 7.92. The molecule has 2 heterocycles. The van der Waals surface area contributed by atoms with Crippen molar-refractivity contribution in [3.63, 3.8) is 0 Å². The predicted molar refractivity (Wildman–Crippen MR) is 116 cm³/mol. The predicted octanol–water partition coefficient (Wildman–Crippen LogP) is 4.47. The molecule has 2 aromatic carbocycles. The summed E-state index contributed by atoms with van der Waals surface area (Å²) in [7, 11) is -3.81. The van der Waals surface area contributed by atoms with Crippen LogP contribution < -0.4 is 9.62 Å². The average molecular weight is 447 g/mol. The number of hydrogen-bond donors (Lipinski definition) is 1. The molecule has 0 spiro atoms. The fraction of sp³-hybridized carbons (Fsp3) is 0.190. The molecule has 1 aliphatic rings. The second-order valence-corrected chi connectivity index (χ2v) is 10.0. The maximum atomic E-state index is 13.3. The summed E-state index contributed by atoms with van der Waals surface area (Å²) in [5.74, 6) is -0.403. The number of fused-ring (bicyclic) bond motifs is 1. The monoisotopic (exact) mass is 446 g/mol. The van der Waals surface area contributed by atoms with Crippen molar-refractivity contribution in [1.29, 1.82) is 0 Å². The molecule has 0 unspecified atom stereocenters. The van der Waals surface area contributed by atoms with Crippen LogP contribution in [0.1, 0.15) is 27.2 Å². The van der Waals surface area contributed by atoms with Gasteiger partial charge in [-0.05, 0) is 54.1 Å². The second kappa shape index (κ2) is 8.18. The minimum absolute atomic E-state index is 0.0554. The van der Waals surface area contributed by atoms with Crippen molar-refractivity contribution in [2.24, 2.45) is 0 Å². The lowest BCUT2D eigenvalue weighted by molar-refractivity contribution is 0.0951. The Kier molecular flexibility index (Phi) is 5.63. The maximum Gasteiger partial charge on any atom is 0.264 e. The number of thiophene rings is 1. The van der Waals surface area contributed by atoms with Crippen LogP contribution >= 0.6 is 22.9 Å². The number of benzene rings is 2. The van der Waals surface area contributed by atoms with E-state index in [1.807, 2.05) is 41.8 Å². The van der Waals surface area contributed by atoms with E-state index < -0.39 is 15.9 Å². The molecule has 3 aromatic rings. The summed E-state index contributed by atoms with van der Waals surface area (Å²) in [4.78, 5) is 13.7. The van der Waals surface area contributed by atoms with Gasteiger partial charge in [-0.2, -0.15) is 0 Å². The van der Waals surface area contributed by atoms with Gasteiger partial charge in [0.1, 0.15) is 0 Å². The highest BCUT2D eigenvalue weighted by atomic mass is 35.5. The first-order valence-electron chi connectivity index (χ1n) is 9.17. The third kappa shape index (κ3) is 4.03. The SMILES string of the molecule is O=C(NCc1cccs1)c1cc(S(=O)(=O)N2CCCc3ccccc32)ccc1Cl. The lowest BCUT2D eigenvalue weighted by atomic mass is 10.0. The molecule has 0 saturated carbocycles. The van der Waals surface area contributed by atoms with Gasteiger partial charge in [0.25, 0.3) is 15.9 Å². The molecule has 5 nitrogen and oxygen atoms in total. The number of carbonyl (C=O) groups excluding carboxylic acids is 1. The van der Waals surface area contributed by atoms with Gasteiger partial charge in [0.15, 0.2) is 0 Å². The van der Waals surface area contributed by atoms with E-state index >= 15 is 0 Å². The highest BCUT2D eigenvalue weighted by Crippen LogP contribution is 2.32. The molecule has 1 aromatic heterocycles. The molecule has 150 valence electrons. The van der Waals surface area contributed by atoms with Crippen molar-refractivity contribution in [3.8, 4) is 0 Å². The molecule has 8 heteroatoms. The number of nitrogens with one attached hydrogen (secondary N) is 1. The molecule has 29 heavy (non-hydrogen) atoms. The Bertz CT molecular complexity index is 1140. The molecular weight excluding hydrogens is 428 g/mol. The number of para-hydroxylation sites is 1. The third-order valence-electron chi connectivity index (χ3n) is 4.84. The van der Waals surface area contributed by atoms with Gasteiger partial charge in [-0.1, -0.05) is 35.9 Å². The van der Waals surface area contributed by atoms with Crippen LogP contribution in [0.3, 0.4) is 0 Å². The number of amides is 1. The summed E-state index contributed by atoms with van der Waals surface area (Å²) in [5.41, 5.74) is 1.84. The van der Waals surface area contributed by atoms with Crippen molar-refractivity contribution in [2.75, 3.05) is 10.8 Å². The van der Waals surface area contributed by atoms with E-state index in [2.05, 4.69) is 5.32 Å². The highest BCUT2D eigenvalue weighted by Gasteiger charge is 2.29. The van der Waals surface area contributed by atoms with Crippen LogP contribution in [0, 0.1) is 0 Å². The molecule has 4 rings (SSSR count). The normalized spacial score (nSPS) is 13.8. The molecule has 1 N–H and O–H groups in total. The van der Waals surface area contributed by atoms with Crippen molar-refractivity contribution >= 4 is 44.6 Å². The van der Waals surface area contributed by atoms with Crippen LogP contribution in [0.2, 0.25) is 5.02 Å². The fourth-order valence-corrected chi connectivity index (χ4v) is 5.81. The molecule has 0 saturated heterocycles. The van der Waals surface area contributed by atoms with Gasteiger partial charge in [-0.3, -0.25) is 9.10 Å². The number of carbonyl (C=O) groups is 1. The van der Waals surface area contributed by atoms with Gasteiger partial charge in [0, 0.05) is 11.4 Å². The zero-order valence-corrected chi connectivity index (χ0v) is 17.9. The summed E-state index contributed by atoms with van der Waals surface area (Å²) in [6.45, 7) is 0.769. The number of anilines is 1. The van der Waals surface area contributed by atoms with Gasteiger partial charge in [0.05, 0.1) is 27.7 Å². The standard InChI is InChI=1S/C21H19ClN2O3S2/c22-19-10-9-17(13-18(19)21(25)23-14-16-7-4-12-28-16)29(26,27)24-11-3-6-15-5-1-2-8-20(15)24/h1-2,4-5,7-10,12-13H,3,6,11,14H2,(H,23,25). The quantitative estimate of drug-likeness (QED) is 0.628. The van der Waals surface area contributed by atoms with Gasteiger partial charge in [-0.15, -0.1) is 11.3 Å². The number of aryl methyl sites for hydroxylation is 1. The van der Waals surface area contributed by atoms with E-state index in [4.69, 9.17) is 11.6 Å². The van der Waals surface area contributed by atoms with Crippen molar-refractivity contribution < 1.29 is 13.2 Å². The lowest BCUT2D eigenvalue weighted by Gasteiger charge is -2.30. The van der Waals surface area contributed by atoms with Crippen LogP contribution in [-0.2, 0) is 23.0 Å². The van der Waals surface area contributed by atoms with Crippen LogP contribution in [0.15, 0.2) is 64.9 Å². The Hall–Kier alpha value is -2.35. The number of rotatable bonds is 5. The Labute approximate surface area is 179 Å². The van der Waals surface area contributed by atoms with Crippen molar-refractivity contribution in [3.05, 3.63) is 81.0 Å². The van der Waals surface area contributed by atoms with E-state index in [0.29, 0.717) is 18.8 Å². The third-order valence-corrected chi connectivity index (χ3v) is 7.86. The molecular formula is C21H19ClN2O3S2. The summed E-state index contributed by atoms with van der Waals surface area (Å²) >= 11 is 7.74. The first-order chi connectivity index (χ1) is 14.0. The Morgan fingerprint density at radius 2 is 1.97 bits per heavy atom. The molecule has 0 bridgehead atoms. The van der Waals surface area contributed by atoms with Gasteiger partial charge < -0.3 is 5.32 Å². The number of nitrogens with zero attached hydrogens (tertiary/aromatic N) is 1. The molecule has 1 aliphatic heterocycles. The van der Waals surface area contributed by atoms with E-state index in [1.54, 1.807) is 0 Å². The summed E-state index contributed by atoms with van der Waals surface area (Å²) < 4.78 is 28.1. The minimum Gasteiger partial charge on any atom is -0.347 e. The zero-order chi connectivity index (χ0) is 20.4. The minimum atomic E-state index is -3.81. The second-order valence-electron chi connectivity index (χ2n) is 6.71. The topological polar surface area (TPSA) is 66.5 Å². The average Bonchev–Trinajstić information content (AvgIpc) is 3.25. The van der Waals surface area contributed by atoms with E-state index in [0.717, 1.165) is 23.3 Å². The summed E-state index contributed by atoms with van der Waals surface area (Å²) in [6.07, 6.45) is 1.59. The van der Waals surface area contributed by atoms with Gasteiger partial charge >= 0.3 is 0 Å². The zero-order valence-electron chi connectivity index (χ0n) is 15.5. The van der Waals surface area contributed by atoms with Gasteiger partial charge in [0.2, 0.25) is 0 Å². The smallest absolute Gasteiger partial charge is 0.264 e. The number of halogens is 1. The molecule has 0 radical (unpaired) electrons. The lowest BCUT2D eigenvalue weighted by Crippen LogP contribution is -2.35. The first-order valence-corrected chi connectivity index (χ1v) is 11.9. The Balaban J connectivity index is 1.64. The summed E-state index contributed by atoms with van der Waals surface area (Å²) in [5, 5.41) is 4.94. The van der Waals surface area contributed by atoms with E-state index in [9.17, 15) is 13.2 Å². The fourth-order valence-electron chi connectivity index (χ4n) is 3.39. The summed E-state index contributed by atoms with van der Waals surface area (Å²) in [6, 6.07) is 15.6. The Morgan fingerprint density at radius 3 is 2.76 bits per heavy atom. The number of hydrogen-bond acceptors (Lipinski definition) is 4. The van der Waals surface area contributed by atoms with E-state index in [1.165, 1.54) is 33.8 Å². The molecule has 0 aliphatic carbocycles. The molecule has 1 amide bonds. The molecule has 0 fully saturated rings. The van der Waals surface area contributed by atoms with Crippen LogP contribution in [0.4, 0.5) is 5.69 Å². The maximum absolute atomic E-state index is 13.3. The largest absolute Gasteiger partial charge is 0.347 e. The molecule has 0 atom stereocenters. The van der Waals surface area contributed by atoms with Gasteiger partial charge in [-0.25, -0.2) is 8.42 Å². The van der Waals surface area contributed by atoms with Crippen molar-refractivity contribution in [2.45, 2.75) is 24.3 Å².